The van der Waals surface area contributed by atoms with E-state index in [1.54, 1.807) is 0 Å². The second-order valence-corrected chi connectivity index (χ2v) is 4.19. The summed E-state index contributed by atoms with van der Waals surface area (Å²) in [4.78, 5) is 6.45. The molecular formula is C12H21N3O. The predicted molar refractivity (Wildman–Crippen MR) is 68.0 cm³/mol. The molecular weight excluding hydrogens is 202 g/mol. The molecule has 2 N–H and O–H groups in total. The van der Waals surface area contributed by atoms with Gasteiger partial charge in [-0.3, -0.25) is 0 Å². The Bertz CT molecular complexity index is 315. The second-order valence-electron chi connectivity index (χ2n) is 4.19. The largest absolute Gasteiger partial charge is 0.396 e. The van der Waals surface area contributed by atoms with Crippen LogP contribution in [0, 0.1) is 0 Å². The average Bonchev–Trinajstić information content (AvgIpc) is 2.26. The molecule has 1 aromatic rings. The molecule has 0 aliphatic rings. The van der Waals surface area contributed by atoms with Crippen LogP contribution in [0.5, 0.6) is 0 Å². The van der Waals surface area contributed by atoms with Crippen molar-refractivity contribution in [3.05, 3.63) is 18.2 Å². The number of pyridine rings is 1. The molecule has 0 aromatic carbocycles. The molecule has 4 nitrogen and oxygen atoms in total. The monoisotopic (exact) mass is 223 g/mol. The molecule has 90 valence electrons. The molecule has 4 heteroatoms. The van der Waals surface area contributed by atoms with Gasteiger partial charge in [0.05, 0.1) is 0 Å². The molecule has 0 aliphatic heterocycles. The van der Waals surface area contributed by atoms with Crippen molar-refractivity contribution in [2.75, 3.05) is 30.9 Å². The fourth-order valence-electron chi connectivity index (χ4n) is 1.47. The second kappa shape index (κ2) is 6.33. The minimum atomic E-state index is 0.247. The molecule has 1 rings (SSSR count). The van der Waals surface area contributed by atoms with E-state index < -0.39 is 0 Å². The van der Waals surface area contributed by atoms with Gasteiger partial charge in [-0.25, -0.2) is 4.98 Å². The number of nitrogens with one attached hydrogen (secondary N) is 1. The van der Waals surface area contributed by atoms with Gasteiger partial charge < -0.3 is 15.3 Å². The fourth-order valence-corrected chi connectivity index (χ4v) is 1.47. The lowest BCUT2D eigenvalue weighted by Crippen LogP contribution is -2.17. The maximum Gasteiger partial charge on any atom is 0.130 e. The number of aliphatic hydroxyl groups is 1. The SMILES string of the molecule is CC(CCCO)Nc1cccc(N(C)C)n1. The highest BCUT2D eigenvalue weighted by Crippen LogP contribution is 2.13. The van der Waals surface area contributed by atoms with E-state index >= 15 is 0 Å². The minimum Gasteiger partial charge on any atom is -0.396 e. The summed E-state index contributed by atoms with van der Waals surface area (Å²) in [5.41, 5.74) is 0. The van der Waals surface area contributed by atoms with Crippen molar-refractivity contribution in [2.45, 2.75) is 25.8 Å². The van der Waals surface area contributed by atoms with Gasteiger partial charge in [0, 0.05) is 26.7 Å². The number of aromatic nitrogens is 1. The number of hydrogen-bond acceptors (Lipinski definition) is 4. The van der Waals surface area contributed by atoms with Crippen molar-refractivity contribution >= 4 is 11.6 Å². The lowest BCUT2D eigenvalue weighted by Gasteiger charge is -2.16. The van der Waals surface area contributed by atoms with Crippen molar-refractivity contribution in [3.8, 4) is 0 Å². The zero-order valence-electron chi connectivity index (χ0n) is 10.3. The maximum atomic E-state index is 8.75. The van der Waals surface area contributed by atoms with Crippen LogP contribution in [0.4, 0.5) is 11.6 Å². The summed E-state index contributed by atoms with van der Waals surface area (Å²) in [6.07, 6.45) is 1.77. The standard InChI is InChI=1S/C12H21N3O/c1-10(6-5-9-16)13-11-7-4-8-12(14-11)15(2)3/h4,7-8,10,16H,5-6,9H2,1-3H3,(H,13,14). The zero-order valence-corrected chi connectivity index (χ0v) is 10.3. The van der Waals surface area contributed by atoms with Crippen LogP contribution in [0.3, 0.4) is 0 Å². The summed E-state index contributed by atoms with van der Waals surface area (Å²) in [6, 6.07) is 6.26. The Balaban J connectivity index is 2.56. The Labute approximate surface area is 97.3 Å². The average molecular weight is 223 g/mol. The van der Waals surface area contributed by atoms with Crippen LogP contribution in [0.25, 0.3) is 0 Å². The Morgan fingerprint density at radius 3 is 2.81 bits per heavy atom. The van der Waals surface area contributed by atoms with Crippen LogP contribution in [0.2, 0.25) is 0 Å². The van der Waals surface area contributed by atoms with Gasteiger partial charge in [-0.1, -0.05) is 6.07 Å². The van der Waals surface area contributed by atoms with Gasteiger partial charge in [-0.2, -0.15) is 0 Å². The van der Waals surface area contributed by atoms with E-state index in [2.05, 4.69) is 17.2 Å². The van der Waals surface area contributed by atoms with E-state index in [1.165, 1.54) is 0 Å². The first kappa shape index (κ1) is 12.8. The van der Waals surface area contributed by atoms with Crippen LogP contribution >= 0.6 is 0 Å². The Morgan fingerprint density at radius 1 is 1.44 bits per heavy atom. The predicted octanol–water partition coefficient (Wildman–Crippen LogP) is 1.72. The number of nitrogens with zero attached hydrogens (tertiary/aromatic N) is 2. The van der Waals surface area contributed by atoms with Crippen molar-refractivity contribution in [2.24, 2.45) is 0 Å². The quantitative estimate of drug-likeness (QED) is 0.771. The molecule has 1 atom stereocenters. The van der Waals surface area contributed by atoms with Gasteiger partial charge in [0.15, 0.2) is 0 Å². The van der Waals surface area contributed by atoms with Crippen LogP contribution < -0.4 is 10.2 Å². The molecule has 0 amide bonds. The fraction of sp³-hybridized carbons (Fsp3) is 0.583. The molecule has 16 heavy (non-hydrogen) atoms. The van der Waals surface area contributed by atoms with Gasteiger partial charge in [0.2, 0.25) is 0 Å². The minimum absolute atomic E-state index is 0.247. The molecule has 0 aliphatic carbocycles. The van der Waals surface area contributed by atoms with Crippen molar-refractivity contribution in [1.29, 1.82) is 0 Å². The molecule has 0 radical (unpaired) electrons. The summed E-state index contributed by atoms with van der Waals surface area (Å²) < 4.78 is 0. The van der Waals surface area contributed by atoms with E-state index in [-0.39, 0.29) is 6.61 Å². The van der Waals surface area contributed by atoms with E-state index in [0.717, 1.165) is 24.5 Å². The first-order valence-corrected chi connectivity index (χ1v) is 5.65. The van der Waals surface area contributed by atoms with Gasteiger partial charge in [-0.15, -0.1) is 0 Å². The van der Waals surface area contributed by atoms with Gasteiger partial charge in [0.25, 0.3) is 0 Å². The maximum absolute atomic E-state index is 8.75. The van der Waals surface area contributed by atoms with Crippen molar-refractivity contribution < 1.29 is 5.11 Å². The molecule has 0 saturated heterocycles. The first-order chi connectivity index (χ1) is 7.63. The van der Waals surface area contributed by atoms with Gasteiger partial charge in [0.1, 0.15) is 11.6 Å². The van der Waals surface area contributed by atoms with E-state index in [4.69, 9.17) is 5.11 Å². The summed E-state index contributed by atoms with van der Waals surface area (Å²) in [5.74, 6) is 1.83. The smallest absolute Gasteiger partial charge is 0.130 e. The molecule has 0 fully saturated rings. The highest BCUT2D eigenvalue weighted by Gasteiger charge is 2.03. The third-order valence-electron chi connectivity index (χ3n) is 2.38. The van der Waals surface area contributed by atoms with Crippen molar-refractivity contribution in [3.63, 3.8) is 0 Å². The van der Waals surface area contributed by atoms with Crippen LogP contribution in [0.15, 0.2) is 18.2 Å². The number of rotatable bonds is 6. The molecule has 0 saturated carbocycles. The lowest BCUT2D eigenvalue weighted by atomic mass is 10.2. The summed E-state index contributed by atoms with van der Waals surface area (Å²) in [5, 5.41) is 12.1. The number of hydrogen-bond donors (Lipinski definition) is 2. The highest BCUT2D eigenvalue weighted by molar-refractivity contribution is 5.46. The molecule has 0 bridgehead atoms. The summed E-state index contributed by atoms with van der Waals surface area (Å²) in [6.45, 7) is 2.34. The molecule has 1 unspecified atom stereocenters. The number of anilines is 2. The number of aliphatic hydroxyl groups excluding tert-OH is 1. The topological polar surface area (TPSA) is 48.4 Å². The Kier molecular flexibility index (Phi) is 5.05. The van der Waals surface area contributed by atoms with Crippen LogP contribution in [-0.2, 0) is 0 Å². The lowest BCUT2D eigenvalue weighted by molar-refractivity contribution is 0.282. The van der Waals surface area contributed by atoms with Gasteiger partial charge in [-0.05, 0) is 31.9 Å². The zero-order chi connectivity index (χ0) is 12.0. The Hall–Kier alpha value is -1.29. The molecule has 0 spiro atoms. The summed E-state index contributed by atoms with van der Waals surface area (Å²) in [7, 11) is 3.95. The highest BCUT2D eigenvalue weighted by atomic mass is 16.2. The van der Waals surface area contributed by atoms with Crippen LogP contribution in [0.1, 0.15) is 19.8 Å². The third-order valence-corrected chi connectivity index (χ3v) is 2.38. The Morgan fingerprint density at radius 2 is 2.19 bits per heavy atom. The first-order valence-electron chi connectivity index (χ1n) is 5.65. The van der Waals surface area contributed by atoms with E-state index in [9.17, 15) is 0 Å². The van der Waals surface area contributed by atoms with Gasteiger partial charge >= 0.3 is 0 Å². The van der Waals surface area contributed by atoms with E-state index in [0.29, 0.717) is 6.04 Å². The third kappa shape index (κ3) is 4.06. The summed E-state index contributed by atoms with van der Waals surface area (Å²) >= 11 is 0. The normalized spacial score (nSPS) is 12.2. The van der Waals surface area contributed by atoms with E-state index in [1.807, 2.05) is 37.2 Å². The van der Waals surface area contributed by atoms with Crippen molar-refractivity contribution in [1.82, 2.24) is 4.98 Å². The molecule has 1 aromatic heterocycles. The molecule has 1 heterocycles. The van der Waals surface area contributed by atoms with Crippen LogP contribution in [-0.4, -0.2) is 36.8 Å².